The summed E-state index contributed by atoms with van der Waals surface area (Å²) in [5, 5.41) is 14.4. The number of carbonyl (C=O) groups excluding carboxylic acids is 2. The number of hydrogen-bond acceptors (Lipinski definition) is 5. The average molecular weight is 644 g/mol. The van der Waals surface area contributed by atoms with Gasteiger partial charge in [-0.2, -0.15) is 0 Å². The van der Waals surface area contributed by atoms with Gasteiger partial charge in [0.2, 0.25) is 5.91 Å². The van der Waals surface area contributed by atoms with Crippen LogP contribution in [0.1, 0.15) is 36.8 Å². The summed E-state index contributed by atoms with van der Waals surface area (Å²) in [5.74, 6) is 0.651. The van der Waals surface area contributed by atoms with E-state index in [1.54, 1.807) is 29.2 Å². The quantitative estimate of drug-likeness (QED) is 0.218. The van der Waals surface area contributed by atoms with Gasteiger partial charge < -0.3 is 34.8 Å². The molecule has 0 unspecified atom stereocenters. The van der Waals surface area contributed by atoms with Crippen LogP contribution >= 0.6 is 11.6 Å². The summed E-state index contributed by atoms with van der Waals surface area (Å²) < 4.78 is 6.10. The fourth-order valence-electron chi connectivity index (χ4n) is 6.90. The fraction of sp³-hybridized carbons (Fsp3) is 0.389. The van der Waals surface area contributed by atoms with Crippen LogP contribution < -0.4 is 15.0 Å². The zero-order valence-electron chi connectivity index (χ0n) is 26.6. The number of nitrogens with one attached hydrogen (secondary N) is 2. The maximum atomic E-state index is 14.7. The van der Waals surface area contributed by atoms with Gasteiger partial charge in [0.1, 0.15) is 23.6 Å². The monoisotopic (exact) mass is 643 g/mol. The number of carbonyl (C=O) groups is 2. The number of aromatic amines is 1. The molecule has 0 saturated carbocycles. The van der Waals surface area contributed by atoms with Crippen LogP contribution in [-0.2, 0) is 11.2 Å². The lowest BCUT2D eigenvalue weighted by Gasteiger charge is -2.39. The lowest BCUT2D eigenvalue weighted by atomic mass is 9.88. The van der Waals surface area contributed by atoms with Crippen molar-refractivity contribution in [3.8, 4) is 11.5 Å². The molecule has 3 heterocycles. The number of nitrogens with zero attached hydrogens (tertiary/aromatic N) is 3. The summed E-state index contributed by atoms with van der Waals surface area (Å²) in [5.41, 5.74) is 3.86. The minimum absolute atomic E-state index is 0.0403. The molecular weight excluding hydrogens is 602 g/mol. The standard InChI is InChI=1S/C36H42ClN5O4/c1-23(31-20-38-32-7-5-4-6-30(31)32)34(35(44)42-22-24(21-40(2)3)18-25-19-26(37)8-13-33(25)42)39-36(45)41-16-14-29(15-17-41)46-28-11-9-27(43)10-12-28/h4-13,19-20,23-24,29,34,38,43H,14-18,21-22H2,1-3H3,(H,39,45)/t23-,24+,34+/m0/s1. The van der Waals surface area contributed by atoms with Crippen LogP contribution in [0.15, 0.2) is 72.9 Å². The highest BCUT2D eigenvalue weighted by Gasteiger charge is 2.38. The van der Waals surface area contributed by atoms with Gasteiger partial charge in [-0.25, -0.2) is 4.79 Å². The van der Waals surface area contributed by atoms with E-state index in [1.165, 1.54) is 0 Å². The normalized spacial score (nSPS) is 18.3. The van der Waals surface area contributed by atoms with E-state index in [0.29, 0.717) is 43.2 Å². The number of ether oxygens (including phenoxy) is 1. The molecule has 1 saturated heterocycles. The van der Waals surface area contributed by atoms with Gasteiger partial charge in [-0.1, -0.05) is 36.7 Å². The summed E-state index contributed by atoms with van der Waals surface area (Å²) in [6.07, 6.45) is 4.07. The molecule has 10 heteroatoms. The number of para-hydroxylation sites is 1. The molecule has 46 heavy (non-hydrogen) atoms. The first-order chi connectivity index (χ1) is 22.2. The molecule has 3 N–H and O–H groups in total. The van der Waals surface area contributed by atoms with Crippen LogP contribution in [0.3, 0.4) is 0 Å². The summed E-state index contributed by atoms with van der Waals surface area (Å²) >= 11 is 6.41. The Morgan fingerprint density at radius 2 is 1.83 bits per heavy atom. The molecule has 4 aromatic rings. The van der Waals surface area contributed by atoms with E-state index in [2.05, 4.69) is 15.2 Å². The summed E-state index contributed by atoms with van der Waals surface area (Å²) in [6.45, 7) is 4.41. The third kappa shape index (κ3) is 6.95. The molecule has 0 spiro atoms. The molecule has 0 aliphatic carbocycles. The highest BCUT2D eigenvalue weighted by atomic mass is 35.5. The zero-order valence-corrected chi connectivity index (χ0v) is 27.3. The summed E-state index contributed by atoms with van der Waals surface area (Å²) in [4.78, 5) is 37.7. The lowest BCUT2D eigenvalue weighted by molar-refractivity contribution is -0.121. The number of phenols is 1. The first kappa shape index (κ1) is 31.8. The van der Waals surface area contributed by atoms with Gasteiger partial charge in [-0.05, 0) is 86.1 Å². The topological polar surface area (TPSA) is 101 Å². The van der Waals surface area contributed by atoms with E-state index in [1.807, 2.05) is 74.6 Å². The van der Waals surface area contributed by atoms with Crippen molar-refractivity contribution in [1.29, 1.82) is 0 Å². The molecule has 3 amide bonds. The van der Waals surface area contributed by atoms with Gasteiger partial charge in [0, 0.05) is 72.7 Å². The second-order valence-corrected chi connectivity index (χ2v) is 13.3. The Hall–Kier alpha value is -4.21. The Bertz CT molecular complexity index is 1680. The van der Waals surface area contributed by atoms with Crippen molar-refractivity contribution >= 4 is 40.1 Å². The number of urea groups is 1. The molecule has 1 aromatic heterocycles. The Balaban J connectivity index is 1.24. The molecule has 6 rings (SSSR count). The Morgan fingerprint density at radius 1 is 1.09 bits per heavy atom. The number of fused-ring (bicyclic) bond motifs is 2. The molecule has 1 fully saturated rings. The molecule has 0 bridgehead atoms. The van der Waals surface area contributed by atoms with Crippen molar-refractivity contribution in [3.05, 3.63) is 89.1 Å². The van der Waals surface area contributed by atoms with Gasteiger partial charge in [0.25, 0.3) is 0 Å². The highest BCUT2D eigenvalue weighted by Crippen LogP contribution is 2.35. The number of aromatic hydroxyl groups is 1. The van der Waals surface area contributed by atoms with Crippen molar-refractivity contribution in [3.63, 3.8) is 0 Å². The predicted molar refractivity (Wildman–Crippen MR) is 182 cm³/mol. The van der Waals surface area contributed by atoms with E-state index in [9.17, 15) is 14.7 Å². The molecule has 3 atom stereocenters. The van der Waals surface area contributed by atoms with Crippen LogP contribution in [-0.4, -0.2) is 84.2 Å². The molecular formula is C36H42ClN5O4. The summed E-state index contributed by atoms with van der Waals surface area (Å²) in [7, 11) is 4.08. The smallest absolute Gasteiger partial charge is 0.318 e. The molecule has 0 radical (unpaired) electrons. The number of hydrogen-bond donors (Lipinski definition) is 3. The number of benzene rings is 3. The van der Waals surface area contributed by atoms with E-state index in [4.69, 9.17) is 16.3 Å². The Kier molecular flexibility index (Phi) is 9.42. The van der Waals surface area contributed by atoms with Crippen molar-refractivity contribution in [2.75, 3.05) is 45.2 Å². The molecule has 3 aromatic carbocycles. The number of rotatable bonds is 8. The van der Waals surface area contributed by atoms with Crippen LogP contribution in [0.5, 0.6) is 11.5 Å². The Morgan fingerprint density at radius 3 is 2.57 bits per heavy atom. The van der Waals surface area contributed by atoms with E-state index in [0.717, 1.165) is 40.7 Å². The number of piperidine rings is 1. The third-order valence-corrected chi connectivity index (χ3v) is 9.43. The molecule has 2 aliphatic heterocycles. The van der Waals surface area contributed by atoms with Crippen molar-refractivity contribution in [1.82, 2.24) is 20.1 Å². The van der Waals surface area contributed by atoms with Gasteiger partial charge >= 0.3 is 6.03 Å². The summed E-state index contributed by atoms with van der Waals surface area (Å²) in [6, 6.07) is 19.4. The second kappa shape index (κ2) is 13.6. The number of anilines is 1. The van der Waals surface area contributed by atoms with Crippen LogP contribution in [0.25, 0.3) is 10.9 Å². The van der Waals surface area contributed by atoms with Crippen molar-refractivity contribution in [2.24, 2.45) is 5.92 Å². The largest absolute Gasteiger partial charge is 0.508 e. The SMILES string of the molecule is C[C@@H](c1c[nH]c2ccccc12)[C@@H](NC(=O)N1CCC(Oc2ccc(O)cc2)CC1)C(=O)N1C[C@@H](CN(C)C)Cc2cc(Cl)ccc21. The third-order valence-electron chi connectivity index (χ3n) is 9.20. The van der Waals surface area contributed by atoms with E-state index < -0.39 is 6.04 Å². The van der Waals surface area contributed by atoms with Crippen molar-refractivity contribution < 1.29 is 19.4 Å². The number of phenolic OH excluding ortho intramolecular Hbond substituents is 1. The van der Waals surface area contributed by atoms with Gasteiger partial charge in [-0.3, -0.25) is 4.79 Å². The number of likely N-dealkylation sites (tertiary alicyclic amines) is 1. The maximum Gasteiger partial charge on any atom is 0.318 e. The van der Waals surface area contributed by atoms with Crippen LogP contribution in [0.2, 0.25) is 5.02 Å². The maximum absolute atomic E-state index is 14.7. The average Bonchev–Trinajstić information content (AvgIpc) is 3.48. The Labute approximate surface area is 275 Å². The van der Waals surface area contributed by atoms with E-state index in [-0.39, 0.29) is 35.6 Å². The fourth-order valence-corrected chi connectivity index (χ4v) is 7.09. The molecule has 2 aliphatic rings. The van der Waals surface area contributed by atoms with Gasteiger partial charge in [0.05, 0.1) is 0 Å². The number of amides is 3. The van der Waals surface area contributed by atoms with Crippen LogP contribution in [0.4, 0.5) is 10.5 Å². The zero-order chi connectivity index (χ0) is 32.4. The second-order valence-electron chi connectivity index (χ2n) is 12.9. The minimum atomic E-state index is -0.806. The van der Waals surface area contributed by atoms with Crippen molar-refractivity contribution in [2.45, 2.75) is 44.2 Å². The lowest BCUT2D eigenvalue weighted by Crippen LogP contribution is -2.57. The van der Waals surface area contributed by atoms with Gasteiger partial charge in [-0.15, -0.1) is 0 Å². The van der Waals surface area contributed by atoms with E-state index >= 15 is 0 Å². The minimum Gasteiger partial charge on any atom is -0.508 e. The molecule has 9 nitrogen and oxygen atoms in total. The first-order valence-electron chi connectivity index (χ1n) is 16.0. The number of aromatic nitrogens is 1. The molecule has 242 valence electrons. The first-order valence-corrected chi connectivity index (χ1v) is 16.4. The number of halogens is 1. The predicted octanol–water partition coefficient (Wildman–Crippen LogP) is 6.02. The van der Waals surface area contributed by atoms with Gasteiger partial charge in [0.15, 0.2) is 0 Å². The number of H-pyrrole nitrogens is 1. The highest BCUT2D eigenvalue weighted by molar-refractivity contribution is 6.30. The van der Waals surface area contributed by atoms with Crippen LogP contribution in [0, 0.1) is 5.92 Å².